The van der Waals surface area contributed by atoms with Gasteiger partial charge in [-0.3, -0.25) is 4.79 Å². The van der Waals surface area contributed by atoms with Crippen LogP contribution in [0.1, 0.15) is 24.5 Å². The largest absolute Gasteiger partial charge is 0.480 e. The van der Waals surface area contributed by atoms with Gasteiger partial charge in [0, 0.05) is 0 Å². The van der Waals surface area contributed by atoms with Gasteiger partial charge in [-0.15, -0.1) is 0 Å². The summed E-state index contributed by atoms with van der Waals surface area (Å²) in [6.45, 7) is 5.88. The fourth-order valence-corrected chi connectivity index (χ4v) is 2.49. The second-order valence-corrected chi connectivity index (χ2v) is 6.09. The molecule has 0 saturated heterocycles. The maximum Gasteiger partial charge on any atom is 0.265 e. The highest BCUT2D eigenvalue weighted by atomic mass is 35.5. The van der Waals surface area contributed by atoms with E-state index >= 15 is 0 Å². The first-order chi connectivity index (χ1) is 10.9. The van der Waals surface area contributed by atoms with Crippen LogP contribution in [0, 0.1) is 13.8 Å². The first-order valence-electron chi connectivity index (χ1n) is 7.41. The molecule has 3 nitrogen and oxygen atoms in total. The molecule has 0 saturated carbocycles. The second kappa shape index (κ2) is 7.71. The van der Waals surface area contributed by atoms with Gasteiger partial charge in [-0.25, -0.2) is 0 Å². The molecule has 0 aromatic heterocycles. The van der Waals surface area contributed by atoms with Crippen LogP contribution in [-0.4, -0.2) is 12.0 Å². The molecule has 0 aliphatic rings. The van der Waals surface area contributed by atoms with Gasteiger partial charge in [-0.05, 0) is 49.6 Å². The van der Waals surface area contributed by atoms with Crippen molar-refractivity contribution in [2.45, 2.75) is 33.3 Å². The summed E-state index contributed by atoms with van der Waals surface area (Å²) in [6.07, 6.45) is -0.0669. The summed E-state index contributed by atoms with van der Waals surface area (Å²) < 4.78 is 5.89. The van der Waals surface area contributed by atoms with Gasteiger partial charge in [-0.1, -0.05) is 48.3 Å². The van der Waals surface area contributed by atoms with Gasteiger partial charge in [-0.2, -0.15) is 0 Å². The summed E-state index contributed by atoms with van der Waals surface area (Å²) in [5.74, 6) is 0.460. The van der Waals surface area contributed by atoms with Crippen molar-refractivity contribution in [1.82, 2.24) is 0 Å². The zero-order chi connectivity index (χ0) is 17.0. The summed E-state index contributed by atoms with van der Waals surface area (Å²) >= 11 is 12.1. The molecule has 0 radical (unpaired) electrons. The van der Waals surface area contributed by atoms with Crippen molar-refractivity contribution in [2.24, 2.45) is 0 Å². The number of ether oxygens (including phenoxy) is 1. The van der Waals surface area contributed by atoms with E-state index in [4.69, 9.17) is 27.9 Å². The van der Waals surface area contributed by atoms with Crippen molar-refractivity contribution in [2.75, 3.05) is 5.32 Å². The summed E-state index contributed by atoms with van der Waals surface area (Å²) in [7, 11) is 0. The normalized spacial score (nSPS) is 11.9. The van der Waals surface area contributed by atoms with Crippen LogP contribution in [0.5, 0.6) is 5.75 Å². The zero-order valence-electron chi connectivity index (χ0n) is 13.3. The van der Waals surface area contributed by atoms with E-state index in [1.165, 1.54) is 0 Å². The van der Waals surface area contributed by atoms with Crippen molar-refractivity contribution >= 4 is 34.8 Å². The number of halogens is 2. The average Bonchev–Trinajstić information content (AvgIpc) is 2.53. The minimum absolute atomic E-state index is 0.252. The third-order valence-corrected chi connectivity index (χ3v) is 4.52. The lowest BCUT2D eigenvalue weighted by Gasteiger charge is -2.19. The molecule has 2 aromatic rings. The molecular formula is C18H19Cl2NO2. The lowest BCUT2D eigenvalue weighted by molar-refractivity contribution is -0.122. The molecule has 1 amide bonds. The maximum atomic E-state index is 12.5. The summed E-state index contributed by atoms with van der Waals surface area (Å²) in [4.78, 5) is 12.5. The first kappa shape index (κ1) is 17.6. The van der Waals surface area contributed by atoms with E-state index in [1.807, 2.05) is 39.0 Å². The van der Waals surface area contributed by atoms with E-state index in [2.05, 4.69) is 5.32 Å². The number of hydrogen-bond acceptors (Lipinski definition) is 2. The molecule has 0 aliphatic carbocycles. The van der Waals surface area contributed by atoms with Gasteiger partial charge in [0.25, 0.3) is 5.91 Å². The third-order valence-electron chi connectivity index (χ3n) is 3.70. The molecule has 23 heavy (non-hydrogen) atoms. The Morgan fingerprint density at radius 2 is 1.87 bits per heavy atom. The molecule has 1 unspecified atom stereocenters. The monoisotopic (exact) mass is 351 g/mol. The number of carbonyl (C=O) groups excluding carboxylic acids is 1. The van der Waals surface area contributed by atoms with Gasteiger partial charge in [0.1, 0.15) is 5.75 Å². The molecular weight excluding hydrogens is 333 g/mol. The molecule has 2 aromatic carbocycles. The van der Waals surface area contributed by atoms with Crippen LogP contribution in [0.25, 0.3) is 0 Å². The molecule has 0 spiro atoms. The lowest BCUT2D eigenvalue weighted by Crippen LogP contribution is -2.32. The Morgan fingerprint density at radius 1 is 1.17 bits per heavy atom. The smallest absolute Gasteiger partial charge is 0.265 e. The van der Waals surface area contributed by atoms with E-state index in [9.17, 15) is 4.79 Å². The van der Waals surface area contributed by atoms with Gasteiger partial charge in [0.05, 0.1) is 15.7 Å². The minimum atomic E-state index is -0.606. The highest BCUT2D eigenvalue weighted by Gasteiger charge is 2.20. The van der Waals surface area contributed by atoms with Crippen molar-refractivity contribution in [3.63, 3.8) is 0 Å². The van der Waals surface area contributed by atoms with Gasteiger partial charge < -0.3 is 10.1 Å². The Hall–Kier alpha value is -1.71. The van der Waals surface area contributed by atoms with Crippen LogP contribution in [0.3, 0.4) is 0 Å². The molecule has 0 aliphatic heterocycles. The van der Waals surface area contributed by atoms with E-state index in [-0.39, 0.29) is 5.91 Å². The number of benzene rings is 2. The Morgan fingerprint density at radius 3 is 2.57 bits per heavy atom. The highest BCUT2D eigenvalue weighted by Crippen LogP contribution is 2.30. The Kier molecular flexibility index (Phi) is 5.91. The van der Waals surface area contributed by atoms with Crippen LogP contribution < -0.4 is 10.1 Å². The number of rotatable bonds is 5. The van der Waals surface area contributed by atoms with Crippen LogP contribution in [0.2, 0.25) is 10.0 Å². The molecule has 5 heteroatoms. The lowest BCUT2D eigenvalue weighted by atomic mass is 10.1. The van der Waals surface area contributed by atoms with Crippen LogP contribution >= 0.6 is 23.2 Å². The number of anilines is 1. The van der Waals surface area contributed by atoms with Crippen molar-refractivity contribution in [3.8, 4) is 5.75 Å². The van der Waals surface area contributed by atoms with Crippen molar-refractivity contribution < 1.29 is 9.53 Å². The molecule has 0 bridgehead atoms. The van der Waals surface area contributed by atoms with Crippen LogP contribution in [-0.2, 0) is 4.79 Å². The standard InChI is InChI=1S/C18H19Cl2NO2/c1-4-15(23-16-10-5-7-11(2)12(16)3)18(22)21-14-9-6-8-13(19)17(14)20/h5-10,15H,4H2,1-3H3,(H,21,22). The second-order valence-electron chi connectivity index (χ2n) is 5.30. The molecule has 1 N–H and O–H groups in total. The SMILES string of the molecule is CCC(Oc1cccc(C)c1C)C(=O)Nc1cccc(Cl)c1Cl. The van der Waals surface area contributed by atoms with Crippen molar-refractivity contribution in [3.05, 3.63) is 57.6 Å². The van der Waals surface area contributed by atoms with E-state index < -0.39 is 6.10 Å². The fraction of sp³-hybridized carbons (Fsp3) is 0.278. The van der Waals surface area contributed by atoms with Crippen LogP contribution in [0.15, 0.2) is 36.4 Å². The van der Waals surface area contributed by atoms with Gasteiger partial charge in [0.15, 0.2) is 6.10 Å². The zero-order valence-corrected chi connectivity index (χ0v) is 14.8. The number of carbonyl (C=O) groups is 1. The molecule has 1 atom stereocenters. The summed E-state index contributed by atoms with van der Waals surface area (Å²) in [5, 5.41) is 3.50. The molecule has 2 rings (SSSR count). The summed E-state index contributed by atoms with van der Waals surface area (Å²) in [6, 6.07) is 10.9. The maximum absolute atomic E-state index is 12.5. The highest BCUT2D eigenvalue weighted by molar-refractivity contribution is 6.44. The molecule has 0 fully saturated rings. The van der Waals surface area contributed by atoms with Crippen molar-refractivity contribution in [1.29, 1.82) is 0 Å². The number of aryl methyl sites for hydroxylation is 1. The summed E-state index contributed by atoms with van der Waals surface area (Å²) in [5.41, 5.74) is 2.63. The number of amides is 1. The van der Waals surface area contributed by atoms with E-state index in [1.54, 1.807) is 18.2 Å². The Balaban J connectivity index is 2.15. The molecule has 0 heterocycles. The Labute approximate surface area is 146 Å². The first-order valence-corrected chi connectivity index (χ1v) is 8.17. The molecule has 122 valence electrons. The number of nitrogens with one attached hydrogen (secondary N) is 1. The van der Waals surface area contributed by atoms with Crippen LogP contribution in [0.4, 0.5) is 5.69 Å². The predicted octanol–water partition coefficient (Wildman–Crippen LogP) is 5.41. The van der Waals surface area contributed by atoms with E-state index in [0.29, 0.717) is 27.9 Å². The van der Waals surface area contributed by atoms with Gasteiger partial charge >= 0.3 is 0 Å². The minimum Gasteiger partial charge on any atom is -0.480 e. The Bertz CT molecular complexity index is 716. The third kappa shape index (κ3) is 4.18. The predicted molar refractivity (Wildman–Crippen MR) is 95.7 cm³/mol. The van der Waals surface area contributed by atoms with E-state index in [0.717, 1.165) is 11.1 Å². The van der Waals surface area contributed by atoms with Gasteiger partial charge in [0.2, 0.25) is 0 Å². The average molecular weight is 352 g/mol. The topological polar surface area (TPSA) is 38.3 Å². The fourth-order valence-electron chi connectivity index (χ4n) is 2.14. The number of hydrogen-bond donors (Lipinski definition) is 1. The quantitative estimate of drug-likeness (QED) is 0.782.